The number of para-hydroxylation sites is 1. The topological polar surface area (TPSA) is 43.5 Å². The molecule has 0 unspecified atom stereocenters. The number of nitrogens with zero attached hydrogens (tertiary/aromatic N) is 2. The number of hydrogen-bond donors (Lipinski definition) is 2. The Morgan fingerprint density at radius 1 is 1.00 bits per heavy atom. The molecule has 0 radical (unpaired) electrons. The standard InChI is InChI=1S/C27H38N4OS/c1-22(2)31-18-16-30(17-19-31)15-6-20-32-24-10-12-25(13-11-24)33-29-14-5-7-23-21-28-27-9-4-3-8-26(23)27/h3-4,8-13,21-22,28-29H,5-7,14-20H2,1-2H3. The van der Waals surface area contributed by atoms with Crippen LogP contribution in [0, 0.1) is 0 Å². The molecule has 0 amide bonds. The summed E-state index contributed by atoms with van der Waals surface area (Å²) in [6.07, 6.45) is 5.42. The van der Waals surface area contributed by atoms with E-state index < -0.39 is 0 Å². The maximum Gasteiger partial charge on any atom is 0.119 e. The van der Waals surface area contributed by atoms with E-state index in [1.807, 2.05) is 0 Å². The highest BCUT2D eigenvalue weighted by molar-refractivity contribution is 7.97. The molecule has 0 atom stereocenters. The van der Waals surface area contributed by atoms with Gasteiger partial charge in [-0.3, -0.25) is 9.62 Å². The SMILES string of the molecule is CC(C)N1CCN(CCCOc2ccc(SNCCCc3c[nH]c4ccccc34)cc2)CC1. The smallest absolute Gasteiger partial charge is 0.119 e. The Bertz CT molecular complexity index is 964. The summed E-state index contributed by atoms with van der Waals surface area (Å²) in [5.41, 5.74) is 2.62. The van der Waals surface area contributed by atoms with Gasteiger partial charge in [-0.15, -0.1) is 0 Å². The molecule has 1 saturated heterocycles. The van der Waals surface area contributed by atoms with Crippen LogP contribution in [0.15, 0.2) is 59.6 Å². The largest absolute Gasteiger partial charge is 0.494 e. The minimum atomic E-state index is 0.664. The van der Waals surface area contributed by atoms with Gasteiger partial charge in [-0.05, 0) is 81.0 Å². The highest BCUT2D eigenvalue weighted by atomic mass is 32.2. The predicted molar refractivity (Wildman–Crippen MR) is 140 cm³/mol. The number of hydrogen-bond acceptors (Lipinski definition) is 5. The Morgan fingerprint density at radius 3 is 2.58 bits per heavy atom. The van der Waals surface area contributed by atoms with Crippen LogP contribution in [0.5, 0.6) is 5.75 Å². The molecular formula is C27H38N4OS. The highest BCUT2D eigenvalue weighted by Gasteiger charge is 2.18. The maximum atomic E-state index is 5.96. The zero-order valence-corrected chi connectivity index (χ0v) is 20.9. The highest BCUT2D eigenvalue weighted by Crippen LogP contribution is 2.21. The second kappa shape index (κ2) is 12.5. The molecule has 0 saturated carbocycles. The molecule has 0 aliphatic carbocycles. The van der Waals surface area contributed by atoms with Crippen LogP contribution in [-0.2, 0) is 6.42 Å². The van der Waals surface area contributed by atoms with Gasteiger partial charge in [0, 0.05) is 67.3 Å². The van der Waals surface area contributed by atoms with Crippen molar-refractivity contribution in [2.24, 2.45) is 0 Å². The predicted octanol–water partition coefficient (Wildman–Crippen LogP) is 5.19. The van der Waals surface area contributed by atoms with Crippen molar-refractivity contribution in [2.45, 2.75) is 44.0 Å². The van der Waals surface area contributed by atoms with Crippen molar-refractivity contribution in [3.63, 3.8) is 0 Å². The van der Waals surface area contributed by atoms with Gasteiger partial charge in [0.05, 0.1) is 6.61 Å². The van der Waals surface area contributed by atoms with E-state index in [2.05, 4.69) is 88.1 Å². The lowest BCUT2D eigenvalue weighted by molar-refractivity contribution is 0.104. The van der Waals surface area contributed by atoms with Crippen LogP contribution in [-0.4, -0.2) is 66.7 Å². The average molecular weight is 467 g/mol. The number of aromatic amines is 1. The Hall–Kier alpha value is -1.99. The van der Waals surface area contributed by atoms with Crippen molar-refractivity contribution in [1.82, 2.24) is 19.5 Å². The number of rotatable bonds is 12. The fourth-order valence-electron chi connectivity index (χ4n) is 4.41. The lowest BCUT2D eigenvalue weighted by Crippen LogP contribution is -2.49. The molecule has 3 aromatic rings. The summed E-state index contributed by atoms with van der Waals surface area (Å²) in [5.74, 6) is 0.961. The van der Waals surface area contributed by atoms with Gasteiger partial charge in [0.15, 0.2) is 0 Å². The van der Waals surface area contributed by atoms with E-state index >= 15 is 0 Å². The molecule has 33 heavy (non-hydrogen) atoms. The van der Waals surface area contributed by atoms with Crippen LogP contribution in [0.4, 0.5) is 0 Å². The van der Waals surface area contributed by atoms with E-state index in [1.54, 1.807) is 11.9 Å². The fraction of sp³-hybridized carbons (Fsp3) is 0.481. The quantitative estimate of drug-likeness (QED) is 0.284. The summed E-state index contributed by atoms with van der Waals surface area (Å²) < 4.78 is 9.45. The number of piperazine rings is 1. The van der Waals surface area contributed by atoms with Gasteiger partial charge >= 0.3 is 0 Å². The van der Waals surface area contributed by atoms with E-state index in [4.69, 9.17) is 4.74 Å². The summed E-state index contributed by atoms with van der Waals surface area (Å²) in [5, 5.41) is 1.34. The van der Waals surface area contributed by atoms with Crippen LogP contribution in [0.1, 0.15) is 32.3 Å². The van der Waals surface area contributed by atoms with E-state index in [1.165, 1.54) is 47.5 Å². The number of nitrogens with one attached hydrogen (secondary N) is 2. The normalized spacial score (nSPS) is 15.5. The van der Waals surface area contributed by atoms with Crippen molar-refractivity contribution < 1.29 is 4.74 Å². The van der Waals surface area contributed by atoms with Crippen molar-refractivity contribution in [3.8, 4) is 5.75 Å². The van der Waals surface area contributed by atoms with Crippen molar-refractivity contribution in [2.75, 3.05) is 45.9 Å². The second-order valence-corrected chi connectivity index (χ2v) is 10.1. The average Bonchev–Trinajstić information content (AvgIpc) is 3.26. The van der Waals surface area contributed by atoms with Crippen LogP contribution in [0.2, 0.25) is 0 Å². The molecule has 4 rings (SSSR count). The van der Waals surface area contributed by atoms with Crippen LogP contribution in [0.25, 0.3) is 10.9 Å². The molecule has 1 aromatic heterocycles. The molecule has 2 aromatic carbocycles. The molecule has 2 heterocycles. The number of fused-ring (bicyclic) bond motifs is 1. The minimum Gasteiger partial charge on any atom is -0.494 e. The first-order chi connectivity index (χ1) is 16.2. The zero-order chi connectivity index (χ0) is 22.9. The van der Waals surface area contributed by atoms with Crippen LogP contribution < -0.4 is 9.46 Å². The summed E-state index contributed by atoms with van der Waals surface area (Å²) in [7, 11) is 0. The van der Waals surface area contributed by atoms with Crippen molar-refractivity contribution in [3.05, 3.63) is 60.3 Å². The zero-order valence-electron chi connectivity index (χ0n) is 20.1. The van der Waals surface area contributed by atoms with Gasteiger partial charge in [-0.2, -0.15) is 0 Å². The molecule has 6 heteroatoms. The lowest BCUT2D eigenvalue weighted by atomic mass is 10.1. The van der Waals surface area contributed by atoms with E-state index in [9.17, 15) is 0 Å². The van der Waals surface area contributed by atoms with E-state index in [0.717, 1.165) is 44.7 Å². The van der Waals surface area contributed by atoms with Gasteiger partial charge in [-0.25, -0.2) is 0 Å². The summed E-state index contributed by atoms with van der Waals surface area (Å²) in [6, 6.07) is 17.6. The lowest BCUT2D eigenvalue weighted by Gasteiger charge is -2.36. The third-order valence-corrected chi connectivity index (χ3v) is 7.29. The number of aromatic nitrogens is 1. The molecule has 0 bridgehead atoms. The Morgan fingerprint density at radius 2 is 1.79 bits per heavy atom. The molecule has 0 spiro atoms. The van der Waals surface area contributed by atoms with Crippen molar-refractivity contribution in [1.29, 1.82) is 0 Å². The fourth-order valence-corrected chi connectivity index (χ4v) is 5.09. The molecule has 2 N–H and O–H groups in total. The second-order valence-electron chi connectivity index (χ2n) is 9.10. The van der Waals surface area contributed by atoms with Crippen LogP contribution in [0.3, 0.4) is 0 Å². The molecule has 1 aliphatic rings. The number of aryl methyl sites for hydroxylation is 1. The first-order valence-corrected chi connectivity index (χ1v) is 13.1. The minimum absolute atomic E-state index is 0.664. The number of H-pyrrole nitrogens is 1. The maximum absolute atomic E-state index is 5.96. The third-order valence-electron chi connectivity index (χ3n) is 6.44. The first-order valence-electron chi connectivity index (χ1n) is 12.3. The molecule has 5 nitrogen and oxygen atoms in total. The monoisotopic (exact) mass is 466 g/mol. The van der Waals surface area contributed by atoms with Gasteiger partial charge < -0.3 is 14.6 Å². The Kier molecular flexibility index (Phi) is 9.12. The van der Waals surface area contributed by atoms with Gasteiger partial charge in [-0.1, -0.05) is 18.2 Å². The molecule has 178 valence electrons. The summed E-state index contributed by atoms with van der Waals surface area (Å²) >= 11 is 1.70. The molecule has 1 fully saturated rings. The van der Waals surface area contributed by atoms with E-state index in [-0.39, 0.29) is 0 Å². The van der Waals surface area contributed by atoms with Gasteiger partial charge in [0.1, 0.15) is 5.75 Å². The third kappa shape index (κ3) is 7.24. The first kappa shape index (κ1) is 24.1. The van der Waals surface area contributed by atoms with E-state index in [0.29, 0.717) is 6.04 Å². The van der Waals surface area contributed by atoms with Gasteiger partial charge in [0.2, 0.25) is 0 Å². The Balaban J connectivity index is 1.07. The van der Waals surface area contributed by atoms with Crippen LogP contribution >= 0.6 is 11.9 Å². The van der Waals surface area contributed by atoms with Gasteiger partial charge in [0.25, 0.3) is 0 Å². The Labute approximate surface area is 203 Å². The molecular weight excluding hydrogens is 428 g/mol. The van der Waals surface area contributed by atoms with Crippen molar-refractivity contribution >= 4 is 22.9 Å². The number of ether oxygens (including phenoxy) is 1. The summed E-state index contributed by atoms with van der Waals surface area (Å²) in [4.78, 5) is 9.70. The summed E-state index contributed by atoms with van der Waals surface area (Å²) in [6.45, 7) is 12.2. The molecule has 1 aliphatic heterocycles. The number of benzene rings is 2.